The van der Waals surface area contributed by atoms with Crippen molar-refractivity contribution >= 4 is 11.9 Å². The third-order valence-corrected chi connectivity index (χ3v) is 5.25. The highest BCUT2D eigenvalue weighted by molar-refractivity contribution is 6.02. The Morgan fingerprint density at radius 1 is 1.13 bits per heavy atom. The van der Waals surface area contributed by atoms with Crippen LogP contribution in [0.15, 0.2) is 30.3 Å². The highest BCUT2D eigenvalue weighted by Gasteiger charge is 2.85. The molecular weight excluding hydrogens is 302 g/mol. The maximum Gasteiger partial charge on any atom is 0.324 e. The molecule has 2 fully saturated rings. The lowest BCUT2D eigenvalue weighted by atomic mass is 9.69. The van der Waals surface area contributed by atoms with E-state index in [-0.39, 0.29) is 17.3 Å². The minimum atomic E-state index is -1.67. The number of hydrogen-bond donors (Lipinski definition) is 0. The van der Waals surface area contributed by atoms with Crippen LogP contribution in [0.4, 0.5) is 0 Å². The molecule has 0 bridgehead atoms. The van der Waals surface area contributed by atoms with Crippen molar-refractivity contribution in [1.29, 1.82) is 0 Å². The highest BCUT2D eigenvalue weighted by Crippen LogP contribution is 2.71. The summed E-state index contributed by atoms with van der Waals surface area (Å²) >= 11 is 0. The van der Waals surface area contributed by atoms with Crippen molar-refractivity contribution in [3.63, 3.8) is 0 Å². The summed E-state index contributed by atoms with van der Waals surface area (Å²) in [7, 11) is 2.36. The summed E-state index contributed by atoms with van der Waals surface area (Å²) in [5.74, 6) is -2.77. The van der Waals surface area contributed by atoms with Gasteiger partial charge in [0.1, 0.15) is 0 Å². The van der Waals surface area contributed by atoms with Gasteiger partial charge in [-0.15, -0.1) is 0 Å². The van der Waals surface area contributed by atoms with Gasteiger partial charge >= 0.3 is 11.9 Å². The lowest BCUT2D eigenvalue weighted by Crippen LogP contribution is -2.48. The number of methoxy groups -OCH3 is 2. The van der Waals surface area contributed by atoms with Crippen LogP contribution in [-0.2, 0) is 19.1 Å². The molecule has 0 spiro atoms. The molecule has 0 amide bonds. The largest absolute Gasteiger partial charge is 0.468 e. The van der Waals surface area contributed by atoms with Crippen LogP contribution in [0.25, 0.3) is 0 Å². The second-order valence-corrected chi connectivity index (χ2v) is 6.15. The maximum atomic E-state index is 12.5. The average molecular weight is 319 g/mol. The molecule has 0 N–H and O–H groups in total. The third kappa shape index (κ3) is 1.82. The van der Waals surface area contributed by atoms with Crippen LogP contribution in [0, 0.1) is 21.4 Å². The molecular formula is C16H17NO6. The fraction of sp³-hybridized carbons (Fsp3) is 0.500. The van der Waals surface area contributed by atoms with Gasteiger partial charge in [0, 0.05) is 17.3 Å². The lowest BCUT2D eigenvalue weighted by Gasteiger charge is -2.32. The normalized spacial score (nSPS) is 30.2. The average Bonchev–Trinajstić information content (AvgIpc) is 3.20. The van der Waals surface area contributed by atoms with Crippen LogP contribution in [-0.4, -0.2) is 36.6 Å². The van der Waals surface area contributed by atoms with Gasteiger partial charge < -0.3 is 9.47 Å². The molecule has 23 heavy (non-hydrogen) atoms. The number of hydrogen-bond acceptors (Lipinski definition) is 6. The van der Waals surface area contributed by atoms with Crippen molar-refractivity contribution in [3.05, 3.63) is 46.0 Å². The zero-order valence-corrected chi connectivity index (χ0v) is 12.9. The van der Waals surface area contributed by atoms with Crippen molar-refractivity contribution in [2.75, 3.05) is 14.2 Å². The Labute approximate surface area is 132 Å². The van der Waals surface area contributed by atoms with E-state index in [1.54, 1.807) is 30.3 Å². The van der Waals surface area contributed by atoms with Gasteiger partial charge in [-0.2, -0.15) is 0 Å². The Kier molecular flexibility index (Phi) is 3.39. The maximum absolute atomic E-state index is 12.5. The first-order valence-corrected chi connectivity index (χ1v) is 7.31. The van der Waals surface area contributed by atoms with Gasteiger partial charge in [-0.05, 0) is 12.0 Å². The summed E-state index contributed by atoms with van der Waals surface area (Å²) < 4.78 is 9.69. The minimum absolute atomic E-state index is 0.0763. The van der Waals surface area contributed by atoms with E-state index in [1.165, 1.54) is 14.2 Å². The van der Waals surface area contributed by atoms with Crippen LogP contribution in [0.5, 0.6) is 0 Å². The summed E-state index contributed by atoms with van der Waals surface area (Å²) in [6, 6.07) is 8.66. The first-order chi connectivity index (χ1) is 10.9. The van der Waals surface area contributed by atoms with Crippen molar-refractivity contribution in [2.45, 2.75) is 24.3 Å². The number of rotatable bonds is 4. The summed E-state index contributed by atoms with van der Waals surface area (Å²) in [6.07, 6.45) is 0.433. The number of esters is 2. The first-order valence-electron chi connectivity index (χ1n) is 7.31. The Hall–Kier alpha value is -2.44. The number of carbonyl (C=O) groups excluding carboxylic acids is 2. The van der Waals surface area contributed by atoms with Crippen molar-refractivity contribution in [2.24, 2.45) is 11.3 Å². The number of ether oxygens (including phenoxy) is 2. The quantitative estimate of drug-likeness (QED) is 0.361. The summed E-state index contributed by atoms with van der Waals surface area (Å²) in [6.45, 7) is 0. The zero-order valence-electron chi connectivity index (χ0n) is 12.9. The molecule has 1 aromatic rings. The molecule has 2 aliphatic carbocycles. The number of nitrogens with zero attached hydrogens (tertiary/aromatic N) is 1. The van der Waals surface area contributed by atoms with E-state index in [2.05, 4.69) is 0 Å². The number of fused-ring (bicyclic) bond motifs is 1. The van der Waals surface area contributed by atoms with E-state index in [9.17, 15) is 19.7 Å². The predicted molar refractivity (Wildman–Crippen MR) is 78.1 cm³/mol. The molecule has 7 heteroatoms. The first kappa shape index (κ1) is 15.5. The van der Waals surface area contributed by atoms with Crippen molar-refractivity contribution < 1.29 is 24.0 Å². The molecule has 0 saturated heterocycles. The molecule has 3 atom stereocenters. The smallest absolute Gasteiger partial charge is 0.324 e. The van der Waals surface area contributed by atoms with E-state index in [4.69, 9.17) is 9.47 Å². The van der Waals surface area contributed by atoms with Gasteiger partial charge in [-0.1, -0.05) is 30.3 Å². The molecule has 1 aromatic carbocycles. The van der Waals surface area contributed by atoms with Gasteiger partial charge in [0.2, 0.25) is 5.54 Å². The van der Waals surface area contributed by atoms with Crippen LogP contribution >= 0.6 is 0 Å². The van der Waals surface area contributed by atoms with Gasteiger partial charge in [0.15, 0.2) is 5.41 Å². The molecule has 0 aromatic heterocycles. The molecule has 0 radical (unpaired) electrons. The Morgan fingerprint density at radius 2 is 1.70 bits per heavy atom. The number of benzene rings is 1. The molecule has 2 saturated carbocycles. The van der Waals surface area contributed by atoms with Crippen LogP contribution in [0.3, 0.4) is 0 Å². The highest BCUT2D eigenvalue weighted by atomic mass is 16.6. The van der Waals surface area contributed by atoms with E-state index in [0.717, 1.165) is 0 Å². The zero-order chi connectivity index (χ0) is 16.8. The monoisotopic (exact) mass is 319 g/mol. The van der Waals surface area contributed by atoms with E-state index < -0.39 is 28.8 Å². The van der Waals surface area contributed by atoms with Gasteiger partial charge in [-0.3, -0.25) is 19.7 Å². The molecule has 0 heterocycles. The summed E-state index contributed by atoms with van der Waals surface area (Å²) in [5, 5.41) is 11.8. The summed E-state index contributed by atoms with van der Waals surface area (Å²) in [5.41, 5.74) is -2.38. The van der Waals surface area contributed by atoms with Crippen molar-refractivity contribution in [1.82, 2.24) is 0 Å². The van der Waals surface area contributed by atoms with Crippen LogP contribution in [0.1, 0.15) is 24.3 Å². The van der Waals surface area contributed by atoms with Crippen molar-refractivity contribution in [3.8, 4) is 0 Å². The molecule has 2 aliphatic rings. The number of carbonyl (C=O) groups is 2. The molecule has 0 unspecified atom stereocenters. The Bertz CT molecular complexity index is 656. The predicted octanol–water partition coefficient (Wildman–Crippen LogP) is 1.54. The standard InChI is InChI=1S/C16H17NO6/c1-22-13(18)15(14(19)23-2)8-11-9-16(11,17(20)21)12(15)10-6-4-3-5-7-10/h3-7,11-12H,8-9H2,1-2H3/t11-,12+,16-/m1/s1. The Morgan fingerprint density at radius 3 is 2.17 bits per heavy atom. The second kappa shape index (κ2) is 5.04. The van der Waals surface area contributed by atoms with Gasteiger partial charge in [0.05, 0.1) is 20.1 Å². The van der Waals surface area contributed by atoms with Crippen LogP contribution < -0.4 is 0 Å². The lowest BCUT2D eigenvalue weighted by molar-refractivity contribution is -0.545. The number of nitro groups is 1. The SMILES string of the molecule is COC(=O)C1(C(=O)OC)C[C@@H]2C[C@]2([N+](=O)[O-])[C@H]1c1ccccc1. The molecule has 3 rings (SSSR count). The molecule has 7 nitrogen and oxygen atoms in total. The fourth-order valence-corrected chi connectivity index (χ4v) is 4.27. The topological polar surface area (TPSA) is 95.7 Å². The Balaban J connectivity index is 2.22. The van der Waals surface area contributed by atoms with E-state index in [1.807, 2.05) is 0 Å². The minimum Gasteiger partial charge on any atom is -0.468 e. The van der Waals surface area contributed by atoms with E-state index in [0.29, 0.717) is 12.0 Å². The van der Waals surface area contributed by atoms with Gasteiger partial charge in [-0.25, -0.2) is 0 Å². The van der Waals surface area contributed by atoms with Gasteiger partial charge in [0.25, 0.3) is 0 Å². The molecule has 122 valence electrons. The fourth-order valence-electron chi connectivity index (χ4n) is 4.27. The third-order valence-electron chi connectivity index (χ3n) is 5.25. The van der Waals surface area contributed by atoms with E-state index >= 15 is 0 Å². The second-order valence-electron chi connectivity index (χ2n) is 6.15. The summed E-state index contributed by atoms with van der Waals surface area (Å²) in [4.78, 5) is 36.4. The van der Waals surface area contributed by atoms with Crippen LogP contribution in [0.2, 0.25) is 0 Å². The molecule has 0 aliphatic heterocycles.